The number of aliphatic hydroxyl groups is 1. The average Bonchev–Trinajstić information content (AvgIpc) is 2.97. The summed E-state index contributed by atoms with van der Waals surface area (Å²) in [5.41, 5.74) is 6.24. The molecule has 0 aliphatic heterocycles. The van der Waals surface area contributed by atoms with Crippen LogP contribution in [-0.2, 0) is 0 Å². The van der Waals surface area contributed by atoms with Crippen molar-refractivity contribution in [1.82, 2.24) is 9.55 Å². The molecule has 3 N–H and O–H groups in total. The molecule has 0 aromatic carbocycles. The molecule has 2 unspecified atom stereocenters. The van der Waals surface area contributed by atoms with E-state index >= 15 is 0 Å². The van der Waals surface area contributed by atoms with Crippen LogP contribution in [0.2, 0.25) is 0 Å². The Bertz CT molecular complexity index is 493. The van der Waals surface area contributed by atoms with E-state index in [9.17, 15) is 5.11 Å². The minimum atomic E-state index is -0.123. The van der Waals surface area contributed by atoms with Crippen LogP contribution in [0, 0.1) is 5.92 Å². The third-order valence-electron chi connectivity index (χ3n) is 3.19. The molecule has 0 saturated carbocycles. The van der Waals surface area contributed by atoms with Gasteiger partial charge in [0.15, 0.2) is 0 Å². The van der Waals surface area contributed by atoms with Crippen molar-refractivity contribution in [3.63, 3.8) is 0 Å². The summed E-state index contributed by atoms with van der Waals surface area (Å²) in [5, 5.41) is 11.7. The topological polar surface area (TPSA) is 64.1 Å². The van der Waals surface area contributed by atoms with Gasteiger partial charge in [0.25, 0.3) is 0 Å². The van der Waals surface area contributed by atoms with Crippen molar-refractivity contribution in [3.8, 4) is 10.7 Å². The van der Waals surface area contributed by atoms with Crippen molar-refractivity contribution in [2.24, 2.45) is 11.7 Å². The van der Waals surface area contributed by atoms with Crippen LogP contribution in [0.3, 0.4) is 0 Å². The van der Waals surface area contributed by atoms with Crippen LogP contribution in [0.5, 0.6) is 0 Å². The predicted molar refractivity (Wildman–Crippen MR) is 79.1 cm³/mol. The Balaban J connectivity index is 2.27. The second kappa shape index (κ2) is 6.32. The molecule has 0 fully saturated rings. The lowest BCUT2D eigenvalue weighted by Crippen LogP contribution is -2.35. The van der Waals surface area contributed by atoms with Crippen molar-refractivity contribution in [2.75, 3.05) is 6.61 Å². The van der Waals surface area contributed by atoms with Gasteiger partial charge in [-0.15, -0.1) is 11.3 Å². The molecule has 2 rings (SSSR count). The normalized spacial score (nSPS) is 14.8. The van der Waals surface area contributed by atoms with E-state index in [0.717, 1.165) is 17.1 Å². The van der Waals surface area contributed by atoms with Crippen molar-refractivity contribution in [1.29, 1.82) is 0 Å². The maximum atomic E-state index is 9.68. The summed E-state index contributed by atoms with van der Waals surface area (Å²) in [6.07, 6.45) is 4.54. The zero-order valence-corrected chi connectivity index (χ0v) is 12.2. The Morgan fingerprint density at radius 3 is 2.84 bits per heavy atom. The van der Waals surface area contributed by atoms with E-state index in [1.165, 1.54) is 0 Å². The molecular formula is C14H21N3OS. The van der Waals surface area contributed by atoms with Gasteiger partial charge in [0.1, 0.15) is 5.82 Å². The lowest BCUT2D eigenvalue weighted by molar-refractivity contribution is 0.198. The standard InChI is InChI=1S/C14H21N3OS/c1-10(2)8-11(15)12(9-18)17-6-5-16-14(17)13-4-3-7-19-13/h3-7,10-12,18H,8-9,15H2,1-2H3. The van der Waals surface area contributed by atoms with Crippen LogP contribution in [0.1, 0.15) is 26.3 Å². The average molecular weight is 279 g/mol. The van der Waals surface area contributed by atoms with Crippen molar-refractivity contribution < 1.29 is 5.11 Å². The number of hydrogen-bond acceptors (Lipinski definition) is 4. The van der Waals surface area contributed by atoms with E-state index in [0.29, 0.717) is 5.92 Å². The van der Waals surface area contributed by atoms with Gasteiger partial charge in [0, 0.05) is 18.4 Å². The molecule has 19 heavy (non-hydrogen) atoms. The predicted octanol–water partition coefficient (Wildman–Crippen LogP) is 2.52. The van der Waals surface area contributed by atoms with Crippen LogP contribution in [0.15, 0.2) is 29.9 Å². The summed E-state index contributed by atoms with van der Waals surface area (Å²) in [7, 11) is 0. The fraction of sp³-hybridized carbons (Fsp3) is 0.500. The number of nitrogens with two attached hydrogens (primary N) is 1. The molecule has 2 heterocycles. The number of imidazole rings is 1. The van der Waals surface area contributed by atoms with Gasteiger partial charge < -0.3 is 15.4 Å². The van der Waals surface area contributed by atoms with Crippen LogP contribution in [-0.4, -0.2) is 27.3 Å². The molecule has 2 atom stereocenters. The molecule has 2 aromatic heterocycles. The number of aliphatic hydroxyl groups excluding tert-OH is 1. The van der Waals surface area contributed by atoms with Gasteiger partial charge in [-0.1, -0.05) is 19.9 Å². The Labute approximate surface area is 117 Å². The molecule has 0 bridgehead atoms. The van der Waals surface area contributed by atoms with E-state index in [4.69, 9.17) is 5.73 Å². The van der Waals surface area contributed by atoms with Crippen LogP contribution in [0.4, 0.5) is 0 Å². The minimum Gasteiger partial charge on any atom is -0.394 e. The highest BCUT2D eigenvalue weighted by Gasteiger charge is 2.22. The zero-order chi connectivity index (χ0) is 13.8. The van der Waals surface area contributed by atoms with E-state index in [-0.39, 0.29) is 18.7 Å². The number of thiophene rings is 1. The third kappa shape index (κ3) is 3.23. The Morgan fingerprint density at radius 1 is 1.47 bits per heavy atom. The summed E-state index contributed by atoms with van der Waals surface area (Å²) in [4.78, 5) is 5.49. The van der Waals surface area contributed by atoms with E-state index in [1.54, 1.807) is 17.5 Å². The lowest BCUT2D eigenvalue weighted by Gasteiger charge is -2.26. The Hall–Kier alpha value is -1.17. The summed E-state index contributed by atoms with van der Waals surface area (Å²) in [5.74, 6) is 1.39. The molecule has 0 saturated heterocycles. The molecule has 0 spiro atoms. The Morgan fingerprint density at radius 2 is 2.26 bits per heavy atom. The van der Waals surface area contributed by atoms with Gasteiger partial charge in [0.2, 0.25) is 0 Å². The minimum absolute atomic E-state index is 0.0304. The Kier molecular flexibility index (Phi) is 4.74. The van der Waals surface area contributed by atoms with Crippen LogP contribution in [0.25, 0.3) is 10.7 Å². The highest BCUT2D eigenvalue weighted by molar-refractivity contribution is 7.13. The molecule has 0 radical (unpaired) electrons. The quantitative estimate of drug-likeness (QED) is 0.854. The number of nitrogens with zero attached hydrogens (tertiary/aromatic N) is 2. The van der Waals surface area contributed by atoms with Gasteiger partial charge in [-0.2, -0.15) is 0 Å². The number of aromatic nitrogens is 2. The van der Waals surface area contributed by atoms with Crippen LogP contribution < -0.4 is 5.73 Å². The molecule has 104 valence electrons. The smallest absolute Gasteiger partial charge is 0.150 e. The highest BCUT2D eigenvalue weighted by Crippen LogP contribution is 2.27. The SMILES string of the molecule is CC(C)CC(N)C(CO)n1ccnc1-c1cccs1. The molecule has 0 amide bonds. The fourth-order valence-electron chi connectivity index (χ4n) is 2.31. The van der Waals surface area contributed by atoms with Gasteiger partial charge in [0.05, 0.1) is 17.5 Å². The summed E-state index contributed by atoms with van der Waals surface area (Å²) >= 11 is 1.64. The van der Waals surface area contributed by atoms with Crippen molar-refractivity contribution >= 4 is 11.3 Å². The molecule has 2 aromatic rings. The lowest BCUT2D eigenvalue weighted by atomic mass is 9.98. The monoisotopic (exact) mass is 279 g/mol. The molecule has 5 heteroatoms. The van der Waals surface area contributed by atoms with Gasteiger partial charge >= 0.3 is 0 Å². The molecule has 0 aliphatic carbocycles. The summed E-state index contributed by atoms with van der Waals surface area (Å²) in [6, 6.07) is 3.84. The van der Waals surface area contributed by atoms with Gasteiger partial charge in [-0.05, 0) is 23.8 Å². The molecular weight excluding hydrogens is 258 g/mol. The second-order valence-corrected chi connectivity index (χ2v) is 6.13. The van der Waals surface area contributed by atoms with E-state index < -0.39 is 0 Å². The second-order valence-electron chi connectivity index (χ2n) is 5.18. The maximum absolute atomic E-state index is 9.68. The zero-order valence-electron chi connectivity index (χ0n) is 11.4. The first-order chi connectivity index (χ1) is 9.13. The van der Waals surface area contributed by atoms with Gasteiger partial charge in [-0.25, -0.2) is 4.98 Å². The third-order valence-corrected chi connectivity index (χ3v) is 4.06. The molecule has 0 aliphatic rings. The van der Waals surface area contributed by atoms with Gasteiger partial charge in [-0.3, -0.25) is 0 Å². The first-order valence-corrected chi connectivity index (χ1v) is 7.44. The summed E-state index contributed by atoms with van der Waals surface area (Å²) < 4.78 is 2.00. The first-order valence-electron chi connectivity index (χ1n) is 6.56. The molecule has 4 nitrogen and oxygen atoms in total. The number of rotatable bonds is 6. The van der Waals surface area contributed by atoms with Crippen molar-refractivity contribution in [2.45, 2.75) is 32.4 Å². The first kappa shape index (κ1) is 14.2. The fourth-order valence-corrected chi connectivity index (χ4v) is 3.03. The van der Waals surface area contributed by atoms with Crippen molar-refractivity contribution in [3.05, 3.63) is 29.9 Å². The van der Waals surface area contributed by atoms with Crippen LogP contribution >= 0.6 is 11.3 Å². The maximum Gasteiger partial charge on any atom is 0.150 e. The number of hydrogen-bond donors (Lipinski definition) is 2. The van der Waals surface area contributed by atoms with E-state index in [1.807, 2.05) is 28.3 Å². The summed E-state index contributed by atoms with van der Waals surface area (Å²) in [6.45, 7) is 4.31. The highest BCUT2D eigenvalue weighted by atomic mass is 32.1. The van der Waals surface area contributed by atoms with E-state index in [2.05, 4.69) is 18.8 Å². The largest absolute Gasteiger partial charge is 0.394 e.